The molecule has 0 saturated heterocycles. The maximum atomic E-state index is 14.9. The summed E-state index contributed by atoms with van der Waals surface area (Å²) >= 11 is 0. The lowest BCUT2D eigenvalue weighted by Gasteiger charge is -2.57. The zero-order valence-electron chi connectivity index (χ0n) is 39.7. The third kappa shape index (κ3) is 10.3. The van der Waals surface area contributed by atoms with E-state index < -0.39 is 53.4 Å². The normalized spacial score (nSPS) is 32.7. The molecule has 3 saturated carbocycles. The van der Waals surface area contributed by atoms with E-state index in [1.54, 1.807) is 0 Å². The molecule has 0 aromatic heterocycles. The van der Waals surface area contributed by atoms with Crippen LogP contribution < -0.4 is 21.7 Å². The van der Waals surface area contributed by atoms with Crippen molar-refractivity contribution < 1.29 is 35.1 Å². The minimum Gasteiger partial charge on any atom is -0.393 e. The van der Waals surface area contributed by atoms with Crippen LogP contribution in [0, 0.1) is 23.2 Å². The van der Waals surface area contributed by atoms with Gasteiger partial charge < -0.3 is 41.9 Å². The van der Waals surface area contributed by atoms with E-state index in [0.29, 0.717) is 85.6 Å². The Balaban J connectivity index is 1.29. The zero-order chi connectivity index (χ0) is 47.3. The summed E-state index contributed by atoms with van der Waals surface area (Å²) in [5.41, 5.74) is 12.6. The third-order valence-electron chi connectivity index (χ3n) is 16.0. The molecular weight excluding hydrogens is 829 g/mol. The number of hydrogen-bond donors (Lipinski definition) is 9. The molecule has 2 aliphatic heterocycles. The number of carbonyl (C=O) groups excluding carboxylic acids is 2. The molecule has 5 aliphatic rings. The van der Waals surface area contributed by atoms with Crippen molar-refractivity contribution in [1.82, 2.24) is 16.0 Å². The molecule has 3 fully saturated rings. The predicted octanol–water partition coefficient (Wildman–Crippen LogP) is 6.20. The first-order valence-corrected chi connectivity index (χ1v) is 24.6. The number of Topliss-reactive ketones (excluding diaryl/α,β-unsaturated/α-hetero) is 1. The van der Waals surface area contributed by atoms with Gasteiger partial charge in [0, 0.05) is 30.3 Å². The molecule has 10 N–H and O–H groups in total. The minimum absolute atomic E-state index is 0.00625. The maximum absolute atomic E-state index is 14.9. The lowest BCUT2D eigenvalue weighted by Crippen LogP contribution is -2.61. The summed E-state index contributed by atoms with van der Waals surface area (Å²) in [4.78, 5) is 28.5. The highest BCUT2D eigenvalue weighted by Crippen LogP contribution is 2.68. The van der Waals surface area contributed by atoms with Crippen molar-refractivity contribution in [2.75, 3.05) is 19.7 Å². The van der Waals surface area contributed by atoms with Crippen LogP contribution in [-0.4, -0.2) is 86.9 Å². The molecule has 7 rings (SSSR count). The van der Waals surface area contributed by atoms with Crippen molar-refractivity contribution in [2.45, 2.75) is 153 Å². The smallest absolute Gasteiger partial charge is 0.243 e. The van der Waals surface area contributed by atoms with E-state index >= 15 is 0 Å². The molecule has 2 heterocycles. The Kier molecular flexibility index (Phi) is 16.2. The second-order valence-electron chi connectivity index (χ2n) is 20.4. The maximum Gasteiger partial charge on any atom is 0.243 e. The summed E-state index contributed by atoms with van der Waals surface area (Å²) in [6, 6.07) is 12.9. The van der Waals surface area contributed by atoms with Gasteiger partial charge in [0.1, 0.15) is 12.2 Å². The van der Waals surface area contributed by atoms with Gasteiger partial charge in [-0.15, -0.1) is 0 Å². The highest BCUT2D eigenvalue weighted by Gasteiger charge is 2.68. The molecule has 3 aliphatic carbocycles. The first-order valence-electron chi connectivity index (χ1n) is 24.6. The van der Waals surface area contributed by atoms with E-state index in [-0.39, 0.29) is 43.2 Å². The SMILES string of the molecule is C=C(C=CC=C(CO)C1C2CCCC3(O)CCC4=C(C)C(=O)Cc5cccc6c5C(NCC(O)CCc5cccc(c5)CC(O)CCC4C3(C2)C1O)C(=O)NC6N)C(CC=C(C)C)NCC. The van der Waals surface area contributed by atoms with E-state index in [4.69, 9.17) is 5.73 Å². The number of aryl methyl sites for hydroxylation is 1. The first-order chi connectivity index (χ1) is 31.6. The summed E-state index contributed by atoms with van der Waals surface area (Å²) in [5, 5.41) is 69.9. The number of aliphatic hydroxyl groups is 5. The van der Waals surface area contributed by atoms with Crippen molar-refractivity contribution >= 4 is 11.7 Å². The van der Waals surface area contributed by atoms with Crippen LogP contribution in [-0.2, 0) is 28.9 Å². The number of allylic oxidation sites excluding steroid dienone is 5. The molecule has 1 spiro atoms. The topological polar surface area (TPSA) is 197 Å². The van der Waals surface area contributed by atoms with Gasteiger partial charge in [-0.1, -0.05) is 97.8 Å². The fourth-order valence-corrected chi connectivity index (χ4v) is 12.7. The Morgan fingerprint density at radius 3 is 2.55 bits per heavy atom. The van der Waals surface area contributed by atoms with Crippen LogP contribution in [0.15, 0.2) is 101 Å². The largest absolute Gasteiger partial charge is 0.393 e. The lowest BCUT2D eigenvalue weighted by molar-refractivity contribution is -0.181. The number of fused-ring (bicyclic) bond motifs is 4. The number of aliphatic hydroxyl groups excluding tert-OH is 4. The molecule has 11 atom stereocenters. The fourth-order valence-electron chi connectivity index (χ4n) is 12.7. The molecule has 1 amide bonds. The Labute approximate surface area is 392 Å². The van der Waals surface area contributed by atoms with Crippen LogP contribution in [0.4, 0.5) is 0 Å². The molecule has 0 radical (unpaired) electrons. The zero-order valence-corrected chi connectivity index (χ0v) is 39.7. The third-order valence-corrected chi connectivity index (χ3v) is 16.0. The Morgan fingerprint density at radius 1 is 1.02 bits per heavy atom. The summed E-state index contributed by atoms with van der Waals surface area (Å²) in [5.74, 6) is -1.31. The second-order valence-corrected chi connectivity index (χ2v) is 20.4. The molecule has 66 heavy (non-hydrogen) atoms. The standard InChI is InChI=1S/C55H76N4O7/c1-6-57-46(23-18-33(2)3)34(4)11-7-15-40(32-60)48-39-16-10-25-54(66)26-24-43-35(5)47(63)29-38-14-9-17-44-49(38)50(53(65)59-52(44)56)58-31-42(62)20-19-36-12-8-13-37(27-36)28-41(61)21-22-45(43)55(54,30-39)51(48)64/h7-9,11-15,17-18,27,39,41-42,45-46,48,50-52,57-58,60-62,64,66H,4,6,10,16,19-26,28-32,56H2,1-3,5H3,(H,59,65). The van der Waals surface area contributed by atoms with Crippen molar-refractivity contribution in [3.05, 3.63) is 129 Å². The van der Waals surface area contributed by atoms with Gasteiger partial charge in [0.15, 0.2) is 5.78 Å². The van der Waals surface area contributed by atoms with Crippen molar-refractivity contribution in [3.63, 3.8) is 0 Å². The van der Waals surface area contributed by atoms with Crippen LogP contribution in [0.5, 0.6) is 0 Å². The van der Waals surface area contributed by atoms with E-state index in [0.717, 1.165) is 48.1 Å². The number of benzene rings is 2. The number of hydrogen-bond acceptors (Lipinski definition) is 10. The Bertz CT molecular complexity index is 2230. The van der Waals surface area contributed by atoms with Crippen molar-refractivity contribution in [3.8, 4) is 0 Å². The fraction of sp³-hybridized carbons (Fsp3) is 0.564. The number of likely N-dealkylation sites (N-methyl/N-ethyl adjacent to an activating group) is 1. The molecule has 2 aromatic rings. The molecule has 2 aromatic carbocycles. The average molecular weight is 905 g/mol. The second kappa shape index (κ2) is 21.5. The minimum atomic E-state index is -1.24. The number of ketones is 1. The van der Waals surface area contributed by atoms with Gasteiger partial charge >= 0.3 is 0 Å². The van der Waals surface area contributed by atoms with Crippen LogP contribution in [0.3, 0.4) is 0 Å². The molecule has 11 nitrogen and oxygen atoms in total. The van der Waals surface area contributed by atoms with E-state index in [9.17, 15) is 35.1 Å². The average Bonchev–Trinajstić information content (AvgIpc) is 3.46. The van der Waals surface area contributed by atoms with E-state index in [2.05, 4.69) is 55.4 Å². The molecule has 11 unspecified atom stereocenters. The van der Waals surface area contributed by atoms with Crippen molar-refractivity contribution in [2.24, 2.45) is 28.9 Å². The van der Waals surface area contributed by atoms with Gasteiger partial charge in [-0.2, -0.15) is 0 Å². The summed E-state index contributed by atoms with van der Waals surface area (Å²) in [7, 11) is 0. The number of nitrogens with one attached hydrogen (secondary N) is 3. The van der Waals surface area contributed by atoms with Gasteiger partial charge in [0.2, 0.25) is 5.91 Å². The summed E-state index contributed by atoms with van der Waals surface area (Å²) in [6.07, 6.45) is 11.3. The number of β-amino-alcohol motifs (C(OH)–C–C–N with tert-alkyl or cyclic N) is 1. The van der Waals surface area contributed by atoms with Crippen LogP contribution in [0.25, 0.3) is 0 Å². The molecule has 4 bridgehead atoms. The predicted molar refractivity (Wildman–Crippen MR) is 260 cm³/mol. The first kappa shape index (κ1) is 49.9. The molecule has 358 valence electrons. The Morgan fingerprint density at radius 2 is 1.79 bits per heavy atom. The van der Waals surface area contributed by atoms with Crippen LogP contribution >= 0.6 is 0 Å². The lowest BCUT2D eigenvalue weighted by atomic mass is 9.51. The highest BCUT2D eigenvalue weighted by molar-refractivity contribution is 5.98. The van der Waals surface area contributed by atoms with Crippen molar-refractivity contribution in [1.29, 1.82) is 0 Å². The van der Waals surface area contributed by atoms with Gasteiger partial charge in [0.05, 0.1) is 30.5 Å². The number of amides is 1. The quantitative estimate of drug-likeness (QED) is 0.103. The number of nitrogens with two attached hydrogens (primary N) is 1. The molecular formula is C55H76N4O7. The Hall–Kier alpha value is -4.04. The van der Waals surface area contributed by atoms with E-state index in [1.807, 2.05) is 61.5 Å². The summed E-state index contributed by atoms with van der Waals surface area (Å²) < 4.78 is 0. The highest BCUT2D eigenvalue weighted by atomic mass is 16.3. The monoisotopic (exact) mass is 905 g/mol. The number of carbonyl (C=O) groups is 2. The molecule has 11 heteroatoms. The van der Waals surface area contributed by atoms with Gasteiger partial charge in [-0.25, -0.2) is 0 Å². The number of rotatable bonds is 9. The van der Waals surface area contributed by atoms with E-state index in [1.165, 1.54) is 5.57 Å². The van der Waals surface area contributed by atoms with Crippen LogP contribution in [0.1, 0.15) is 132 Å². The van der Waals surface area contributed by atoms with Gasteiger partial charge in [-0.3, -0.25) is 14.9 Å². The van der Waals surface area contributed by atoms with Crippen LogP contribution in [0.2, 0.25) is 0 Å². The van der Waals surface area contributed by atoms with Gasteiger partial charge in [0.25, 0.3) is 0 Å². The van der Waals surface area contributed by atoms with Gasteiger partial charge in [-0.05, 0) is 154 Å². The summed E-state index contributed by atoms with van der Waals surface area (Å²) in [6.45, 7) is 13.2.